The molecule has 2 N–H and O–H groups in total. The van der Waals surface area contributed by atoms with Gasteiger partial charge in [0, 0.05) is 5.69 Å². The summed E-state index contributed by atoms with van der Waals surface area (Å²) >= 11 is 0. The van der Waals surface area contributed by atoms with E-state index in [4.69, 9.17) is 0 Å². The van der Waals surface area contributed by atoms with Crippen LogP contribution in [-0.2, 0) is 10.2 Å². The van der Waals surface area contributed by atoms with Crippen molar-refractivity contribution in [3.05, 3.63) is 29.8 Å². The largest absolute Gasteiger partial charge is 0.396 e. The number of aliphatic hydroxyl groups excluding tert-OH is 1. The third-order valence-corrected chi connectivity index (χ3v) is 3.33. The minimum atomic E-state index is -0.368. The maximum Gasteiger partial charge on any atom is 0.230 e. The number of nitrogens with one attached hydrogen (secondary N) is 1. The van der Waals surface area contributed by atoms with Crippen LogP contribution in [0.4, 0.5) is 5.69 Å². The van der Waals surface area contributed by atoms with E-state index in [0.29, 0.717) is 0 Å². The van der Waals surface area contributed by atoms with Gasteiger partial charge < -0.3 is 10.4 Å². The van der Waals surface area contributed by atoms with Crippen LogP contribution in [0, 0.1) is 11.8 Å². The zero-order valence-corrected chi connectivity index (χ0v) is 12.5. The molecule has 1 unspecified atom stereocenters. The molecule has 3 nitrogen and oxygen atoms in total. The molecule has 0 bridgehead atoms. The third kappa shape index (κ3) is 4.06. The minimum absolute atomic E-state index is 0.0313. The number of aliphatic hydroxyl groups is 1. The summed E-state index contributed by atoms with van der Waals surface area (Å²) in [6.07, 6.45) is 0. The standard InChI is InChI=1S/C16H25NO2/c1-11(2)12(10-18)15(19)17-14-9-7-6-8-13(14)16(3,4)5/h6-9,11-12,18H,10H2,1-5H3,(H,17,19). The maximum absolute atomic E-state index is 12.2. The zero-order chi connectivity index (χ0) is 14.6. The lowest BCUT2D eigenvalue weighted by molar-refractivity contribution is -0.122. The maximum atomic E-state index is 12.2. The molecule has 0 saturated heterocycles. The zero-order valence-electron chi connectivity index (χ0n) is 12.5. The minimum Gasteiger partial charge on any atom is -0.396 e. The molecule has 0 fully saturated rings. The summed E-state index contributed by atoms with van der Waals surface area (Å²) < 4.78 is 0. The molecule has 1 atom stereocenters. The topological polar surface area (TPSA) is 49.3 Å². The van der Waals surface area contributed by atoms with Crippen LogP contribution < -0.4 is 5.32 Å². The second kappa shape index (κ2) is 6.20. The van der Waals surface area contributed by atoms with Gasteiger partial charge in [0.15, 0.2) is 0 Å². The SMILES string of the molecule is CC(C)C(CO)C(=O)Nc1ccccc1C(C)(C)C. The second-order valence-electron chi connectivity index (χ2n) is 6.32. The lowest BCUT2D eigenvalue weighted by atomic mass is 9.85. The number of amides is 1. The summed E-state index contributed by atoms with van der Waals surface area (Å²) in [6.45, 7) is 10.1. The molecule has 0 aliphatic heterocycles. The number of carbonyl (C=O) groups is 1. The summed E-state index contributed by atoms with van der Waals surface area (Å²) in [5, 5.41) is 12.3. The van der Waals surface area contributed by atoms with E-state index in [9.17, 15) is 9.90 Å². The Morgan fingerprint density at radius 1 is 1.26 bits per heavy atom. The summed E-state index contributed by atoms with van der Waals surface area (Å²) in [5.41, 5.74) is 1.90. The van der Waals surface area contributed by atoms with Crippen LogP contribution in [0.3, 0.4) is 0 Å². The van der Waals surface area contributed by atoms with E-state index in [-0.39, 0.29) is 29.8 Å². The molecule has 0 radical (unpaired) electrons. The molecule has 1 amide bonds. The number of anilines is 1. The Bertz CT molecular complexity index is 433. The number of benzene rings is 1. The van der Waals surface area contributed by atoms with Crippen LogP contribution in [0.1, 0.15) is 40.2 Å². The fraction of sp³-hybridized carbons (Fsp3) is 0.562. The van der Waals surface area contributed by atoms with E-state index in [1.165, 1.54) is 0 Å². The molecule has 0 aliphatic carbocycles. The van der Waals surface area contributed by atoms with Gasteiger partial charge in [0.25, 0.3) is 0 Å². The molecule has 3 heteroatoms. The van der Waals surface area contributed by atoms with E-state index < -0.39 is 0 Å². The highest BCUT2D eigenvalue weighted by Gasteiger charge is 2.24. The number of hydrogen-bond donors (Lipinski definition) is 2. The van der Waals surface area contributed by atoms with Gasteiger partial charge in [-0.05, 0) is 23.0 Å². The highest BCUT2D eigenvalue weighted by Crippen LogP contribution is 2.29. The van der Waals surface area contributed by atoms with Crippen LogP contribution in [-0.4, -0.2) is 17.6 Å². The predicted octanol–water partition coefficient (Wildman–Crippen LogP) is 3.19. The Morgan fingerprint density at radius 3 is 2.32 bits per heavy atom. The van der Waals surface area contributed by atoms with Crippen molar-refractivity contribution in [2.75, 3.05) is 11.9 Å². The van der Waals surface area contributed by atoms with Crippen molar-refractivity contribution in [2.24, 2.45) is 11.8 Å². The smallest absolute Gasteiger partial charge is 0.230 e. The lowest BCUT2D eigenvalue weighted by Gasteiger charge is -2.24. The van der Waals surface area contributed by atoms with E-state index in [1.54, 1.807) is 0 Å². The van der Waals surface area contributed by atoms with Crippen LogP contribution >= 0.6 is 0 Å². The van der Waals surface area contributed by atoms with Gasteiger partial charge in [-0.25, -0.2) is 0 Å². The summed E-state index contributed by atoms with van der Waals surface area (Å²) in [4.78, 5) is 12.2. The Kier molecular flexibility index (Phi) is 5.12. The highest BCUT2D eigenvalue weighted by molar-refractivity contribution is 5.93. The van der Waals surface area contributed by atoms with Crippen LogP contribution in [0.25, 0.3) is 0 Å². The fourth-order valence-electron chi connectivity index (χ4n) is 2.07. The van der Waals surface area contributed by atoms with Crippen molar-refractivity contribution >= 4 is 11.6 Å². The fourth-order valence-corrected chi connectivity index (χ4v) is 2.07. The van der Waals surface area contributed by atoms with Crippen molar-refractivity contribution in [3.8, 4) is 0 Å². The van der Waals surface area contributed by atoms with Gasteiger partial charge in [0.2, 0.25) is 5.91 Å². The third-order valence-electron chi connectivity index (χ3n) is 3.33. The molecular weight excluding hydrogens is 238 g/mol. The Hall–Kier alpha value is -1.35. The molecule has 0 aliphatic rings. The summed E-state index contributed by atoms with van der Waals surface area (Å²) in [5.74, 6) is -0.367. The van der Waals surface area contributed by atoms with Gasteiger partial charge in [-0.2, -0.15) is 0 Å². The van der Waals surface area contributed by atoms with Crippen molar-refractivity contribution in [2.45, 2.75) is 40.0 Å². The first kappa shape index (κ1) is 15.7. The molecule has 0 aromatic heterocycles. The Labute approximate surface area is 116 Å². The number of carbonyl (C=O) groups excluding carboxylic acids is 1. The first-order valence-corrected chi connectivity index (χ1v) is 6.78. The molecule has 0 heterocycles. The second-order valence-corrected chi connectivity index (χ2v) is 6.32. The summed E-state index contributed by atoms with van der Waals surface area (Å²) in [6, 6.07) is 7.82. The van der Waals surface area contributed by atoms with Crippen LogP contribution in [0.15, 0.2) is 24.3 Å². The van der Waals surface area contributed by atoms with Crippen molar-refractivity contribution < 1.29 is 9.90 Å². The van der Waals surface area contributed by atoms with Gasteiger partial charge in [-0.15, -0.1) is 0 Å². The van der Waals surface area contributed by atoms with Crippen molar-refractivity contribution in [3.63, 3.8) is 0 Å². The predicted molar refractivity (Wildman–Crippen MR) is 79.2 cm³/mol. The van der Waals surface area contributed by atoms with Crippen molar-refractivity contribution in [1.29, 1.82) is 0 Å². The van der Waals surface area contributed by atoms with Crippen LogP contribution in [0.2, 0.25) is 0 Å². The van der Waals surface area contributed by atoms with Gasteiger partial charge in [-0.1, -0.05) is 52.8 Å². The average molecular weight is 263 g/mol. The van der Waals surface area contributed by atoms with Gasteiger partial charge >= 0.3 is 0 Å². The van der Waals surface area contributed by atoms with Gasteiger partial charge in [0.1, 0.15) is 0 Å². The number of para-hydroxylation sites is 1. The van der Waals surface area contributed by atoms with E-state index in [2.05, 4.69) is 26.1 Å². The molecule has 1 aromatic carbocycles. The van der Waals surface area contributed by atoms with E-state index in [1.807, 2.05) is 38.1 Å². The Balaban J connectivity index is 2.97. The molecule has 1 rings (SSSR count). The molecule has 0 spiro atoms. The molecule has 1 aromatic rings. The molecule has 106 valence electrons. The van der Waals surface area contributed by atoms with Gasteiger partial charge in [-0.3, -0.25) is 4.79 Å². The molecule has 0 saturated carbocycles. The first-order chi connectivity index (χ1) is 8.77. The Morgan fingerprint density at radius 2 is 1.84 bits per heavy atom. The lowest BCUT2D eigenvalue weighted by Crippen LogP contribution is -2.30. The van der Waals surface area contributed by atoms with Gasteiger partial charge in [0.05, 0.1) is 12.5 Å². The van der Waals surface area contributed by atoms with Crippen LogP contribution in [0.5, 0.6) is 0 Å². The summed E-state index contributed by atoms with van der Waals surface area (Å²) in [7, 11) is 0. The quantitative estimate of drug-likeness (QED) is 0.876. The van der Waals surface area contributed by atoms with Crippen molar-refractivity contribution in [1.82, 2.24) is 0 Å². The average Bonchev–Trinajstić information content (AvgIpc) is 2.28. The highest BCUT2D eigenvalue weighted by atomic mass is 16.3. The number of hydrogen-bond acceptors (Lipinski definition) is 2. The van der Waals surface area contributed by atoms with E-state index in [0.717, 1.165) is 11.3 Å². The molecule has 19 heavy (non-hydrogen) atoms. The van der Waals surface area contributed by atoms with E-state index >= 15 is 0 Å². The monoisotopic (exact) mass is 263 g/mol. The normalized spacial score (nSPS) is 13.4. The first-order valence-electron chi connectivity index (χ1n) is 6.78. The molecular formula is C16H25NO2. The number of rotatable bonds is 4.